The molecule has 0 N–H and O–H groups in total. The Morgan fingerprint density at radius 2 is 0.521 bits per heavy atom. The summed E-state index contributed by atoms with van der Waals surface area (Å²) in [7, 11) is 0. The lowest BCUT2D eigenvalue weighted by molar-refractivity contribution is -0.688. The zero-order valence-corrected chi connectivity index (χ0v) is 35.1. The molecular weight excluding hydrogens is 1040 g/mol. The number of pyridine rings is 1. The first kappa shape index (κ1) is 55.8. The van der Waals surface area contributed by atoms with Crippen LogP contribution in [0.25, 0.3) is 0 Å². The molecule has 6 rings (SSSR count). The number of benzene rings is 5. The molecule has 0 saturated carbocycles. The Bertz CT molecular complexity index is 2400. The van der Waals surface area contributed by atoms with Crippen LogP contribution in [-0.2, 0) is 56.0 Å². The number of rotatable bonds is 6. The average Bonchev–Trinajstić information content (AvgIpc) is 3.22. The van der Waals surface area contributed by atoms with Crippen molar-refractivity contribution in [3.63, 3.8) is 0 Å². The average molecular weight is 1070 g/mol. The molecule has 0 radical (unpaired) electrons. The summed E-state index contributed by atoms with van der Waals surface area (Å²) in [5.74, 6) is 0. The molecule has 1 heterocycles. The summed E-state index contributed by atoms with van der Waals surface area (Å²) in [6, 6.07) is 5.32. The van der Waals surface area contributed by atoms with Gasteiger partial charge < -0.3 is 0 Å². The maximum Gasteiger partial charge on any atom is 0.416 e. The van der Waals surface area contributed by atoms with Crippen LogP contribution in [0.2, 0.25) is 5.02 Å². The standard InChI is InChI=1S/C32H12BF24.C12H11ClN/c34-25(35,36)13-1-14(26(37,38)39)6-21(5-13)33(22-7-15(27(40,41)42)2-16(8-22)28(43,44)45,23-9-17(29(46,47)48)3-18(10-23)30(49,50)51)24-11-19(31(52,53)54)4-20(12-24)32(55,56)57;13-12-6-8-14(9-7-12)10-11-4-2-1-3-5-11/h1-12H;1-9H,10H2/q-1;+1. The molecule has 71 heavy (non-hydrogen) atoms. The van der Waals surface area contributed by atoms with E-state index in [0.717, 1.165) is 11.6 Å². The fourth-order valence-electron chi connectivity index (χ4n) is 7.41. The van der Waals surface area contributed by atoms with Crippen LogP contribution in [0.3, 0.4) is 0 Å². The van der Waals surface area contributed by atoms with Gasteiger partial charge in [0.25, 0.3) is 0 Å². The highest BCUT2D eigenvalue weighted by Gasteiger charge is 2.47. The number of hydrogen-bond donors (Lipinski definition) is 0. The van der Waals surface area contributed by atoms with Crippen LogP contribution in [0.15, 0.2) is 128 Å². The normalized spacial score (nSPS) is 13.5. The van der Waals surface area contributed by atoms with E-state index >= 15 is 0 Å². The summed E-state index contributed by atoms with van der Waals surface area (Å²) < 4.78 is 343. The minimum Gasteiger partial charge on any atom is -0.201 e. The lowest BCUT2D eigenvalue weighted by Gasteiger charge is -2.46. The molecule has 0 fully saturated rings. The smallest absolute Gasteiger partial charge is 0.201 e. The summed E-state index contributed by atoms with van der Waals surface area (Å²) in [6.45, 7) is 0.887. The SMILES string of the molecule is Clc1cc[n+](Cc2ccccc2)cc1.FC(F)(F)c1cc([B-](c2cc(C(F)(F)F)cc(C(F)(F)F)c2)(c2cc(C(F)(F)F)cc(C(F)(F)F)c2)c2cc(C(F)(F)F)cc(C(F)(F)F)c2)cc(C(F)(F)F)c1. The number of aromatic nitrogens is 1. The number of nitrogens with zero attached hydrogens (tertiary/aromatic N) is 1. The zero-order chi connectivity index (χ0) is 53.7. The van der Waals surface area contributed by atoms with Crippen molar-refractivity contribution in [2.24, 2.45) is 0 Å². The third-order valence-corrected chi connectivity index (χ3v) is 10.8. The summed E-state index contributed by atoms with van der Waals surface area (Å²) in [4.78, 5) is 0. The second-order valence-corrected chi connectivity index (χ2v) is 15.8. The van der Waals surface area contributed by atoms with Crippen LogP contribution in [0.1, 0.15) is 50.1 Å². The van der Waals surface area contributed by atoms with Gasteiger partial charge in [-0.3, -0.25) is 0 Å². The number of hydrogen-bond acceptors (Lipinski definition) is 0. The van der Waals surface area contributed by atoms with Gasteiger partial charge in [0, 0.05) is 17.7 Å². The first-order valence-corrected chi connectivity index (χ1v) is 19.5. The highest BCUT2D eigenvalue weighted by molar-refractivity contribution is 7.20. The fraction of sp³-hybridized carbons (Fsp3) is 0.205. The van der Waals surface area contributed by atoms with Gasteiger partial charge in [0.05, 0.1) is 49.5 Å². The van der Waals surface area contributed by atoms with E-state index in [9.17, 15) is 105 Å². The largest absolute Gasteiger partial charge is 0.416 e. The first-order chi connectivity index (χ1) is 32.1. The predicted molar refractivity (Wildman–Crippen MR) is 207 cm³/mol. The molecule has 0 saturated heterocycles. The highest BCUT2D eigenvalue weighted by Crippen LogP contribution is 2.41. The predicted octanol–water partition coefficient (Wildman–Crippen LogP) is 13.9. The van der Waals surface area contributed by atoms with Gasteiger partial charge in [-0.15, -0.1) is 0 Å². The Balaban J connectivity index is 0.000000569. The molecule has 1 aromatic heterocycles. The molecule has 1 nitrogen and oxygen atoms in total. The second-order valence-electron chi connectivity index (χ2n) is 15.4. The van der Waals surface area contributed by atoms with Gasteiger partial charge >= 0.3 is 49.4 Å². The lowest BCUT2D eigenvalue weighted by Crippen LogP contribution is -2.75. The van der Waals surface area contributed by atoms with Gasteiger partial charge in [-0.1, -0.05) is 90.5 Å². The third kappa shape index (κ3) is 13.3. The van der Waals surface area contributed by atoms with Gasteiger partial charge in [0.1, 0.15) is 6.15 Å². The van der Waals surface area contributed by atoms with Crippen molar-refractivity contribution in [1.82, 2.24) is 0 Å². The monoisotopic (exact) mass is 1070 g/mol. The Hall–Kier alpha value is -6.08. The molecule has 0 aliphatic rings. The highest BCUT2D eigenvalue weighted by atomic mass is 35.5. The molecule has 0 aliphatic heterocycles. The minimum atomic E-state index is -6.13. The molecule has 5 aromatic carbocycles. The van der Waals surface area contributed by atoms with Crippen molar-refractivity contribution < 1.29 is 110 Å². The quantitative estimate of drug-likeness (QED) is 0.0889. The molecule has 0 bridgehead atoms. The van der Waals surface area contributed by atoms with Crippen LogP contribution in [-0.4, -0.2) is 6.15 Å². The Labute approximate surface area is 387 Å². The Kier molecular flexibility index (Phi) is 15.1. The molecule has 0 aliphatic carbocycles. The van der Waals surface area contributed by atoms with E-state index in [1.54, 1.807) is 0 Å². The van der Waals surface area contributed by atoms with Crippen LogP contribution >= 0.6 is 11.6 Å². The van der Waals surface area contributed by atoms with Gasteiger partial charge in [-0.2, -0.15) is 127 Å². The molecular formula is C44H23BClF24N. The Morgan fingerprint density at radius 3 is 0.718 bits per heavy atom. The maximum absolute atomic E-state index is 14.2. The van der Waals surface area contributed by atoms with Crippen LogP contribution < -0.4 is 26.4 Å². The molecule has 0 atom stereocenters. The van der Waals surface area contributed by atoms with Crippen molar-refractivity contribution in [2.75, 3.05) is 0 Å². The summed E-state index contributed by atoms with van der Waals surface area (Å²) in [5, 5.41) is 0.773. The van der Waals surface area contributed by atoms with E-state index < -0.39 is 195 Å². The van der Waals surface area contributed by atoms with Crippen LogP contribution in [0.4, 0.5) is 105 Å². The topological polar surface area (TPSA) is 3.88 Å². The minimum absolute atomic E-state index is 0.691. The number of halogens is 25. The molecule has 27 heteroatoms. The van der Waals surface area contributed by atoms with Crippen molar-refractivity contribution in [1.29, 1.82) is 0 Å². The maximum atomic E-state index is 14.2. The van der Waals surface area contributed by atoms with Gasteiger partial charge in [0.15, 0.2) is 18.9 Å². The van der Waals surface area contributed by atoms with E-state index in [1.165, 1.54) is 5.56 Å². The van der Waals surface area contributed by atoms with E-state index in [1.807, 2.05) is 42.7 Å². The molecule has 382 valence electrons. The van der Waals surface area contributed by atoms with Crippen molar-refractivity contribution in [3.05, 3.63) is 183 Å². The second kappa shape index (κ2) is 19.2. The van der Waals surface area contributed by atoms with Gasteiger partial charge in [-0.25, -0.2) is 4.57 Å². The Morgan fingerprint density at radius 1 is 0.310 bits per heavy atom. The van der Waals surface area contributed by atoms with Gasteiger partial charge in [0.2, 0.25) is 0 Å². The molecule has 6 aromatic rings. The van der Waals surface area contributed by atoms with Crippen LogP contribution in [0, 0.1) is 0 Å². The first-order valence-electron chi connectivity index (χ1n) is 19.1. The van der Waals surface area contributed by atoms with E-state index in [0.29, 0.717) is 0 Å². The summed E-state index contributed by atoms with van der Waals surface area (Å²) in [6.07, 6.45) is -50.8. The van der Waals surface area contributed by atoms with Crippen molar-refractivity contribution >= 4 is 39.6 Å². The fourth-order valence-corrected chi connectivity index (χ4v) is 7.52. The van der Waals surface area contributed by atoms with Crippen LogP contribution in [0.5, 0.6) is 0 Å². The molecule has 0 amide bonds. The van der Waals surface area contributed by atoms with Gasteiger partial charge in [-0.05, 0) is 24.3 Å². The van der Waals surface area contributed by atoms with E-state index in [4.69, 9.17) is 11.6 Å². The molecule has 0 spiro atoms. The molecule has 0 unspecified atom stereocenters. The van der Waals surface area contributed by atoms with E-state index in [2.05, 4.69) is 16.7 Å². The van der Waals surface area contributed by atoms with Crippen molar-refractivity contribution in [3.8, 4) is 0 Å². The number of alkyl halides is 24. The summed E-state index contributed by atoms with van der Waals surface area (Å²) >= 11 is 5.80. The lowest BCUT2D eigenvalue weighted by atomic mass is 9.12. The zero-order valence-electron chi connectivity index (χ0n) is 34.3. The van der Waals surface area contributed by atoms with E-state index in [-0.39, 0.29) is 0 Å². The third-order valence-electron chi connectivity index (χ3n) is 10.5. The van der Waals surface area contributed by atoms with Crippen molar-refractivity contribution in [2.45, 2.75) is 56.0 Å². The summed E-state index contributed by atoms with van der Waals surface area (Å²) in [5.41, 5.74) is -28.9.